The van der Waals surface area contributed by atoms with Crippen LogP contribution < -0.4 is 5.32 Å². The van der Waals surface area contributed by atoms with E-state index >= 15 is 0 Å². The zero-order valence-corrected chi connectivity index (χ0v) is 22.2. The van der Waals surface area contributed by atoms with E-state index in [-0.39, 0.29) is 23.8 Å². The Labute approximate surface area is 211 Å². The van der Waals surface area contributed by atoms with Gasteiger partial charge in [0.1, 0.15) is 12.3 Å². The van der Waals surface area contributed by atoms with Crippen molar-refractivity contribution in [3.05, 3.63) is 70.3 Å². The van der Waals surface area contributed by atoms with Crippen molar-refractivity contribution in [3.8, 4) is 0 Å². The smallest absolute Gasteiger partial charge is 0.255 e. The predicted molar refractivity (Wildman–Crippen MR) is 140 cm³/mol. The Morgan fingerprint density at radius 1 is 1.29 bits per heavy atom. The molecule has 0 aromatic heterocycles. The second-order valence-electron chi connectivity index (χ2n) is 8.80. The minimum atomic E-state index is -0.559. The van der Waals surface area contributed by atoms with Gasteiger partial charge in [0.2, 0.25) is 5.91 Å². The number of hydrogen-bond acceptors (Lipinski definition) is 4. The zero-order chi connectivity index (χ0) is 25.3. The molecule has 1 saturated heterocycles. The Bertz CT molecular complexity index is 937. The van der Waals surface area contributed by atoms with Gasteiger partial charge in [0.25, 0.3) is 5.91 Å². The summed E-state index contributed by atoms with van der Waals surface area (Å²) in [5.41, 5.74) is 2.75. The maximum Gasteiger partial charge on any atom is 0.255 e. The molecule has 184 valence electrons. The Balaban J connectivity index is 0.000000340. The van der Waals surface area contributed by atoms with Crippen molar-refractivity contribution >= 4 is 34.0 Å². The van der Waals surface area contributed by atoms with Crippen molar-refractivity contribution in [2.24, 2.45) is 5.92 Å². The van der Waals surface area contributed by atoms with Crippen LogP contribution >= 0.6 is 15.9 Å². The third-order valence-electron chi connectivity index (χ3n) is 6.00. The van der Waals surface area contributed by atoms with Gasteiger partial charge in [0.05, 0.1) is 6.04 Å². The number of halogens is 1. The second-order valence-corrected chi connectivity index (χ2v) is 9.71. The van der Waals surface area contributed by atoms with E-state index in [2.05, 4.69) is 40.0 Å². The van der Waals surface area contributed by atoms with Gasteiger partial charge in [-0.25, -0.2) is 0 Å². The third kappa shape index (κ3) is 6.76. The van der Waals surface area contributed by atoms with Crippen LogP contribution in [0, 0.1) is 5.92 Å². The summed E-state index contributed by atoms with van der Waals surface area (Å²) in [6, 6.07) is 7.37. The summed E-state index contributed by atoms with van der Waals surface area (Å²) >= 11 is 3.38. The van der Waals surface area contributed by atoms with Gasteiger partial charge in [-0.2, -0.15) is 0 Å². The van der Waals surface area contributed by atoms with Crippen LogP contribution in [-0.2, 0) is 20.9 Å². The molecule has 6 nitrogen and oxygen atoms in total. The van der Waals surface area contributed by atoms with Gasteiger partial charge in [-0.05, 0) is 56.0 Å². The van der Waals surface area contributed by atoms with Gasteiger partial charge in [0, 0.05) is 29.7 Å². The molecule has 0 saturated carbocycles. The van der Waals surface area contributed by atoms with E-state index in [1.54, 1.807) is 15.9 Å². The number of carbonyl (C=O) groups excluding carboxylic acids is 3. The predicted octanol–water partition coefficient (Wildman–Crippen LogP) is 4.27. The monoisotopic (exact) mass is 529 g/mol. The molecular formula is C27H36BrN3O3. The van der Waals surface area contributed by atoms with Crippen molar-refractivity contribution in [1.82, 2.24) is 15.1 Å². The highest BCUT2D eigenvalue weighted by molar-refractivity contribution is 9.10. The first-order valence-corrected chi connectivity index (χ1v) is 12.5. The van der Waals surface area contributed by atoms with E-state index in [1.165, 1.54) is 5.56 Å². The Kier molecular flexibility index (Phi) is 10.9. The fourth-order valence-electron chi connectivity index (χ4n) is 4.38. The number of benzene rings is 1. The van der Waals surface area contributed by atoms with Crippen LogP contribution in [0.2, 0.25) is 0 Å². The number of hydrogen-bond donors (Lipinski definition) is 1. The molecule has 2 unspecified atom stereocenters. The molecule has 0 aliphatic carbocycles. The number of nitrogens with one attached hydrogen (secondary N) is 1. The Morgan fingerprint density at radius 3 is 2.50 bits per heavy atom. The van der Waals surface area contributed by atoms with E-state index < -0.39 is 6.04 Å². The maximum atomic E-state index is 13.1. The minimum Gasteiger partial charge on any atom is -0.331 e. The minimum absolute atomic E-state index is 0.0367. The van der Waals surface area contributed by atoms with Crippen LogP contribution in [-0.4, -0.2) is 60.1 Å². The van der Waals surface area contributed by atoms with E-state index in [0.717, 1.165) is 29.3 Å². The van der Waals surface area contributed by atoms with Crippen LogP contribution in [0.3, 0.4) is 0 Å². The quantitative estimate of drug-likeness (QED) is 0.510. The van der Waals surface area contributed by atoms with Crippen molar-refractivity contribution in [2.45, 2.75) is 52.2 Å². The number of carbonyl (C=O) groups is 3. The number of allylic oxidation sites excluding steroid dienone is 1. The van der Waals surface area contributed by atoms with Gasteiger partial charge in [-0.15, -0.1) is 0 Å². The highest BCUT2D eigenvalue weighted by atomic mass is 79.9. The van der Waals surface area contributed by atoms with Gasteiger partial charge in [-0.3, -0.25) is 9.59 Å². The summed E-state index contributed by atoms with van der Waals surface area (Å²) in [4.78, 5) is 40.3. The van der Waals surface area contributed by atoms with E-state index in [9.17, 15) is 14.4 Å². The van der Waals surface area contributed by atoms with Crippen LogP contribution in [0.4, 0.5) is 0 Å². The van der Waals surface area contributed by atoms with Gasteiger partial charge >= 0.3 is 0 Å². The molecule has 2 atom stereocenters. The second kappa shape index (κ2) is 13.4. The van der Waals surface area contributed by atoms with Crippen molar-refractivity contribution in [1.29, 1.82) is 0 Å². The van der Waals surface area contributed by atoms with Crippen LogP contribution in [0.25, 0.3) is 0 Å². The molecular weight excluding hydrogens is 494 g/mol. The molecule has 1 fully saturated rings. The lowest BCUT2D eigenvalue weighted by Crippen LogP contribution is -2.53. The summed E-state index contributed by atoms with van der Waals surface area (Å²) in [6.45, 7) is 11.4. The lowest BCUT2D eigenvalue weighted by atomic mass is 10.0. The lowest BCUT2D eigenvalue weighted by molar-refractivity contribution is -0.146. The Hall–Kier alpha value is -2.51. The van der Waals surface area contributed by atoms with Crippen molar-refractivity contribution in [2.75, 3.05) is 20.1 Å². The maximum absolute atomic E-state index is 13.1. The van der Waals surface area contributed by atoms with E-state index in [1.807, 2.05) is 52.1 Å². The molecule has 34 heavy (non-hydrogen) atoms. The molecule has 0 bridgehead atoms. The number of rotatable bonds is 8. The highest BCUT2D eigenvalue weighted by Gasteiger charge is 2.42. The highest BCUT2D eigenvalue weighted by Crippen LogP contribution is 2.28. The molecule has 3 rings (SSSR count). The third-order valence-corrected chi connectivity index (χ3v) is 6.53. The fraction of sp³-hybridized carbons (Fsp3) is 0.444. The SMILES string of the molecule is C=CC1=C(/C=C\C)CN(C(C(=O)N2CCCC2C=O)C(C)C)C1=O.CNCc1ccc(Br)cc1. The van der Waals surface area contributed by atoms with Crippen LogP contribution in [0.1, 0.15) is 39.2 Å². The van der Waals surface area contributed by atoms with Gasteiger partial charge in [0.15, 0.2) is 0 Å². The summed E-state index contributed by atoms with van der Waals surface area (Å²) < 4.78 is 1.13. The normalized spacial score (nSPS) is 19.0. The first-order chi connectivity index (χ1) is 16.3. The summed E-state index contributed by atoms with van der Waals surface area (Å²) in [6.07, 6.45) is 7.70. The summed E-state index contributed by atoms with van der Waals surface area (Å²) in [5.74, 6) is -0.324. The lowest BCUT2D eigenvalue weighted by Gasteiger charge is -2.34. The molecule has 1 aromatic carbocycles. The molecule has 1 N–H and O–H groups in total. The standard InChI is InChI=1S/C19H26N2O3.C8H10BrN/c1-5-8-14-11-21(18(23)16(14)6-2)17(13(3)4)19(24)20-10-7-9-15(20)12-22;1-10-6-7-2-4-8(9)5-3-7/h5-6,8,12-13,15,17H,2,7,9-11H2,1,3-4H3;2-5,10H,6H2,1H3/b8-5-;. The van der Waals surface area contributed by atoms with Gasteiger partial charge in [-0.1, -0.05) is 66.7 Å². The van der Waals surface area contributed by atoms with Crippen molar-refractivity contribution in [3.63, 3.8) is 0 Å². The number of nitrogens with zero attached hydrogens (tertiary/aromatic N) is 2. The summed E-state index contributed by atoms with van der Waals surface area (Å²) in [7, 11) is 1.95. The number of amides is 2. The Morgan fingerprint density at radius 2 is 1.97 bits per heavy atom. The zero-order valence-electron chi connectivity index (χ0n) is 20.6. The molecule has 7 heteroatoms. The first kappa shape index (κ1) is 27.7. The van der Waals surface area contributed by atoms with Gasteiger partial charge < -0.3 is 19.9 Å². The molecule has 2 aliphatic rings. The largest absolute Gasteiger partial charge is 0.331 e. The van der Waals surface area contributed by atoms with E-state index in [4.69, 9.17) is 0 Å². The van der Waals surface area contributed by atoms with Crippen molar-refractivity contribution < 1.29 is 14.4 Å². The molecule has 2 aliphatic heterocycles. The average molecular weight is 531 g/mol. The molecule has 2 amide bonds. The molecule has 0 radical (unpaired) electrons. The molecule has 0 spiro atoms. The van der Waals surface area contributed by atoms with Crippen LogP contribution in [0.15, 0.2) is 64.7 Å². The topological polar surface area (TPSA) is 69.7 Å². The summed E-state index contributed by atoms with van der Waals surface area (Å²) in [5, 5.41) is 3.09. The molecule has 2 heterocycles. The van der Waals surface area contributed by atoms with Crippen LogP contribution in [0.5, 0.6) is 0 Å². The first-order valence-electron chi connectivity index (χ1n) is 11.7. The number of aldehydes is 1. The number of likely N-dealkylation sites (tertiary alicyclic amines) is 1. The fourth-order valence-corrected chi connectivity index (χ4v) is 4.65. The molecule has 1 aromatic rings. The van der Waals surface area contributed by atoms with E-state index in [0.29, 0.717) is 25.1 Å². The average Bonchev–Trinajstić information content (AvgIpc) is 3.41.